The lowest BCUT2D eigenvalue weighted by Gasteiger charge is -2.23. The van der Waals surface area contributed by atoms with Gasteiger partial charge in [-0.15, -0.1) is 12.4 Å². The number of hydrogen-bond acceptors (Lipinski definition) is 3. The van der Waals surface area contributed by atoms with Gasteiger partial charge in [0.2, 0.25) is 5.91 Å². The molecule has 1 aromatic carbocycles. The van der Waals surface area contributed by atoms with Crippen molar-refractivity contribution in [3.05, 3.63) is 52.8 Å². The van der Waals surface area contributed by atoms with Gasteiger partial charge in [0.25, 0.3) is 0 Å². The van der Waals surface area contributed by atoms with Gasteiger partial charge >= 0.3 is 0 Å². The van der Waals surface area contributed by atoms with Gasteiger partial charge in [0.15, 0.2) is 0 Å². The molecule has 2 aromatic rings. The van der Waals surface area contributed by atoms with Gasteiger partial charge in [-0.05, 0) is 36.1 Å². The number of aryl methyl sites for hydroxylation is 1. The van der Waals surface area contributed by atoms with E-state index in [-0.39, 0.29) is 35.7 Å². The Bertz CT molecular complexity index is 772. The number of benzene rings is 1. The summed E-state index contributed by atoms with van der Waals surface area (Å²) in [4.78, 5) is 12.9. The second-order valence-corrected chi connectivity index (χ2v) is 7.34. The lowest BCUT2D eigenvalue weighted by molar-refractivity contribution is -0.125. The normalized spacial score (nSPS) is 23.8. The van der Waals surface area contributed by atoms with Gasteiger partial charge in [-0.25, -0.2) is 0 Å². The van der Waals surface area contributed by atoms with E-state index in [2.05, 4.69) is 15.7 Å². The highest BCUT2D eigenvalue weighted by Crippen LogP contribution is 2.46. The Morgan fingerprint density at radius 1 is 1.40 bits per heavy atom. The zero-order chi connectivity index (χ0) is 16.7. The molecule has 1 aliphatic heterocycles. The molecule has 0 bridgehead atoms. The molecule has 2 aliphatic rings. The first-order chi connectivity index (χ1) is 11.6. The van der Waals surface area contributed by atoms with Gasteiger partial charge in [-0.1, -0.05) is 23.7 Å². The molecule has 25 heavy (non-hydrogen) atoms. The Balaban J connectivity index is 0.00000182. The van der Waals surface area contributed by atoms with E-state index in [4.69, 9.17) is 11.6 Å². The smallest absolute Gasteiger partial charge is 0.225 e. The van der Waals surface area contributed by atoms with Crippen molar-refractivity contribution in [2.75, 3.05) is 13.1 Å². The molecule has 0 radical (unpaired) electrons. The van der Waals surface area contributed by atoms with Gasteiger partial charge in [0.05, 0.1) is 17.7 Å². The van der Waals surface area contributed by atoms with Crippen molar-refractivity contribution in [2.45, 2.75) is 24.3 Å². The van der Waals surface area contributed by atoms with Crippen LogP contribution in [0.2, 0.25) is 5.02 Å². The van der Waals surface area contributed by atoms with Crippen molar-refractivity contribution in [3.63, 3.8) is 0 Å². The second kappa shape index (κ2) is 6.98. The predicted octanol–water partition coefficient (Wildman–Crippen LogP) is 2.60. The molecule has 2 fully saturated rings. The maximum absolute atomic E-state index is 12.9. The summed E-state index contributed by atoms with van der Waals surface area (Å²) in [6, 6.07) is 7.81. The van der Waals surface area contributed by atoms with Gasteiger partial charge in [0.1, 0.15) is 0 Å². The van der Waals surface area contributed by atoms with Crippen LogP contribution in [0.4, 0.5) is 0 Å². The topological polar surface area (TPSA) is 59.0 Å². The summed E-state index contributed by atoms with van der Waals surface area (Å²) in [7, 11) is 1.90. The zero-order valence-electron chi connectivity index (χ0n) is 14.0. The van der Waals surface area contributed by atoms with Crippen LogP contribution >= 0.6 is 24.0 Å². The summed E-state index contributed by atoms with van der Waals surface area (Å²) < 4.78 is 1.79. The average molecular weight is 381 g/mol. The molecule has 1 amide bonds. The molecule has 2 N–H and O–H groups in total. The van der Waals surface area contributed by atoms with E-state index in [1.165, 1.54) is 0 Å². The van der Waals surface area contributed by atoms with E-state index in [1.807, 2.05) is 43.7 Å². The molecule has 2 atom stereocenters. The Labute approximate surface area is 158 Å². The van der Waals surface area contributed by atoms with Crippen LogP contribution in [0, 0.1) is 5.92 Å². The zero-order valence-corrected chi connectivity index (χ0v) is 15.6. The van der Waals surface area contributed by atoms with Crippen LogP contribution in [0.3, 0.4) is 0 Å². The summed E-state index contributed by atoms with van der Waals surface area (Å²) in [5, 5.41) is 11.6. The maximum atomic E-state index is 12.9. The molecule has 2 heterocycles. The van der Waals surface area contributed by atoms with Crippen LogP contribution in [-0.2, 0) is 17.4 Å². The third-order valence-corrected chi connectivity index (χ3v) is 5.43. The standard InChI is InChI=1S/C18H21ClN4O.ClH/c1-23-11-12(8-21-23)15-9-20-10-16(15)17(24)22-18(5-6-18)13-3-2-4-14(19)7-13;/h2-4,7-8,11,15-16,20H,5-6,9-10H2,1H3,(H,22,24);1H/t15-,16+;/m1./s1. The van der Waals surface area contributed by atoms with Gasteiger partial charge in [-0.3, -0.25) is 9.48 Å². The third-order valence-electron chi connectivity index (χ3n) is 5.19. The Kier molecular flexibility index (Phi) is 5.09. The van der Waals surface area contributed by atoms with Gasteiger partial charge in [-0.2, -0.15) is 5.10 Å². The van der Waals surface area contributed by atoms with Crippen LogP contribution < -0.4 is 10.6 Å². The number of amides is 1. The molecule has 4 rings (SSSR count). The van der Waals surface area contributed by atoms with Crippen molar-refractivity contribution in [2.24, 2.45) is 13.0 Å². The van der Waals surface area contributed by atoms with Crippen LogP contribution in [0.1, 0.15) is 29.9 Å². The fourth-order valence-electron chi connectivity index (χ4n) is 3.66. The number of carbonyl (C=O) groups excluding carboxylic acids is 1. The lowest BCUT2D eigenvalue weighted by Crippen LogP contribution is -2.41. The van der Waals surface area contributed by atoms with E-state index in [0.717, 1.165) is 30.5 Å². The molecule has 5 nitrogen and oxygen atoms in total. The fraction of sp³-hybridized carbons (Fsp3) is 0.444. The SMILES string of the molecule is Cl.Cn1cc([C@H]2CNC[C@@H]2C(=O)NC2(c3cccc(Cl)c3)CC2)cn1. The van der Waals surface area contributed by atoms with Crippen LogP contribution in [0.25, 0.3) is 0 Å². The van der Waals surface area contributed by atoms with E-state index in [1.54, 1.807) is 4.68 Å². The number of hydrogen-bond donors (Lipinski definition) is 2. The highest BCUT2D eigenvalue weighted by molar-refractivity contribution is 6.30. The number of nitrogens with one attached hydrogen (secondary N) is 2. The summed E-state index contributed by atoms with van der Waals surface area (Å²) in [6.07, 6.45) is 5.80. The van der Waals surface area contributed by atoms with E-state index >= 15 is 0 Å². The largest absolute Gasteiger partial charge is 0.346 e. The summed E-state index contributed by atoms with van der Waals surface area (Å²) >= 11 is 6.12. The highest BCUT2D eigenvalue weighted by Gasteiger charge is 2.47. The highest BCUT2D eigenvalue weighted by atomic mass is 35.5. The first kappa shape index (κ1) is 18.2. The summed E-state index contributed by atoms with van der Waals surface area (Å²) in [6.45, 7) is 1.52. The van der Waals surface area contributed by atoms with E-state index < -0.39 is 0 Å². The quantitative estimate of drug-likeness (QED) is 0.856. The molecule has 134 valence electrons. The molecular formula is C18H22Cl2N4O. The van der Waals surface area contributed by atoms with Gasteiger partial charge in [0, 0.05) is 37.3 Å². The van der Waals surface area contributed by atoms with Crippen molar-refractivity contribution in [1.82, 2.24) is 20.4 Å². The molecule has 0 spiro atoms. The molecule has 1 aromatic heterocycles. The monoisotopic (exact) mass is 380 g/mol. The Morgan fingerprint density at radius 3 is 2.84 bits per heavy atom. The van der Waals surface area contributed by atoms with Gasteiger partial charge < -0.3 is 10.6 Å². The first-order valence-corrected chi connectivity index (χ1v) is 8.72. The van der Waals surface area contributed by atoms with Crippen molar-refractivity contribution >= 4 is 29.9 Å². The van der Waals surface area contributed by atoms with Crippen molar-refractivity contribution in [1.29, 1.82) is 0 Å². The maximum Gasteiger partial charge on any atom is 0.225 e. The third kappa shape index (κ3) is 3.54. The minimum Gasteiger partial charge on any atom is -0.346 e. The van der Waals surface area contributed by atoms with E-state index in [0.29, 0.717) is 11.6 Å². The molecule has 7 heteroatoms. The average Bonchev–Trinajstić information content (AvgIpc) is 2.97. The van der Waals surface area contributed by atoms with Crippen LogP contribution in [0.15, 0.2) is 36.7 Å². The number of rotatable bonds is 4. The summed E-state index contributed by atoms with van der Waals surface area (Å²) in [5.74, 6) is 0.228. The van der Waals surface area contributed by atoms with E-state index in [9.17, 15) is 4.79 Å². The Hall–Kier alpha value is -1.56. The number of carbonyl (C=O) groups is 1. The second-order valence-electron chi connectivity index (χ2n) is 6.90. The van der Waals surface area contributed by atoms with Crippen molar-refractivity contribution in [3.8, 4) is 0 Å². The lowest BCUT2D eigenvalue weighted by atomic mass is 9.89. The van der Waals surface area contributed by atoms with Crippen molar-refractivity contribution < 1.29 is 4.79 Å². The number of halogens is 2. The summed E-state index contributed by atoms with van der Waals surface area (Å²) in [5.41, 5.74) is 1.99. The fourth-order valence-corrected chi connectivity index (χ4v) is 3.85. The molecule has 1 saturated carbocycles. The number of aromatic nitrogens is 2. The molecular weight excluding hydrogens is 359 g/mol. The Morgan fingerprint density at radius 2 is 2.20 bits per heavy atom. The van der Waals surface area contributed by atoms with Crippen LogP contribution in [0.5, 0.6) is 0 Å². The minimum atomic E-state index is -0.232. The first-order valence-electron chi connectivity index (χ1n) is 8.35. The minimum absolute atomic E-state index is 0. The molecule has 1 aliphatic carbocycles. The molecule has 1 saturated heterocycles. The predicted molar refractivity (Wildman–Crippen MR) is 100 cm³/mol. The van der Waals surface area contributed by atoms with Crippen LogP contribution in [-0.4, -0.2) is 28.8 Å². The molecule has 0 unspecified atom stereocenters. The number of nitrogens with zero attached hydrogens (tertiary/aromatic N) is 2.